The van der Waals surface area contributed by atoms with Gasteiger partial charge in [0.05, 0.1) is 5.69 Å². The standard InChI is InChI=1S/C13H9BrFNOS/c14-9-3-6-12(11(15)7-9)16-13(17)8-1-4-10(18)5-2-8/h1-7,18H,(H,16,17). The first kappa shape index (κ1) is 13.1. The van der Waals surface area contributed by atoms with E-state index in [-0.39, 0.29) is 11.6 Å². The number of thiol groups is 1. The number of carbonyl (C=O) groups is 1. The van der Waals surface area contributed by atoms with E-state index in [0.717, 1.165) is 4.90 Å². The summed E-state index contributed by atoms with van der Waals surface area (Å²) < 4.78 is 14.2. The Kier molecular flexibility index (Phi) is 4.04. The van der Waals surface area contributed by atoms with Gasteiger partial charge in [0.25, 0.3) is 5.91 Å². The van der Waals surface area contributed by atoms with E-state index >= 15 is 0 Å². The van der Waals surface area contributed by atoms with Crippen molar-refractivity contribution >= 4 is 40.2 Å². The van der Waals surface area contributed by atoms with Gasteiger partial charge in [-0.25, -0.2) is 4.39 Å². The molecule has 18 heavy (non-hydrogen) atoms. The smallest absolute Gasteiger partial charge is 0.255 e. The molecule has 0 aliphatic rings. The van der Waals surface area contributed by atoms with Gasteiger partial charge in [0, 0.05) is 14.9 Å². The van der Waals surface area contributed by atoms with Gasteiger partial charge in [-0.2, -0.15) is 0 Å². The van der Waals surface area contributed by atoms with E-state index in [4.69, 9.17) is 0 Å². The summed E-state index contributed by atoms with van der Waals surface area (Å²) >= 11 is 7.28. The molecule has 0 saturated heterocycles. The highest BCUT2D eigenvalue weighted by molar-refractivity contribution is 9.10. The van der Waals surface area contributed by atoms with Crippen molar-refractivity contribution in [3.63, 3.8) is 0 Å². The van der Waals surface area contributed by atoms with E-state index in [1.165, 1.54) is 12.1 Å². The summed E-state index contributed by atoms with van der Waals surface area (Å²) in [5.41, 5.74) is 0.605. The van der Waals surface area contributed by atoms with Gasteiger partial charge in [-0.3, -0.25) is 4.79 Å². The van der Waals surface area contributed by atoms with Crippen LogP contribution in [0.25, 0.3) is 0 Å². The Hall–Kier alpha value is -1.33. The summed E-state index contributed by atoms with van der Waals surface area (Å²) in [6.45, 7) is 0. The van der Waals surface area contributed by atoms with Gasteiger partial charge in [0.2, 0.25) is 0 Å². The predicted octanol–water partition coefficient (Wildman–Crippen LogP) is 4.13. The number of nitrogens with one attached hydrogen (secondary N) is 1. The molecule has 92 valence electrons. The average Bonchev–Trinajstić information content (AvgIpc) is 2.33. The first-order valence-corrected chi connectivity index (χ1v) is 6.36. The minimum atomic E-state index is -0.483. The molecule has 0 unspecified atom stereocenters. The molecule has 5 heteroatoms. The lowest BCUT2D eigenvalue weighted by atomic mass is 10.2. The van der Waals surface area contributed by atoms with Crippen molar-refractivity contribution in [3.05, 3.63) is 58.3 Å². The minimum absolute atomic E-state index is 0.151. The maximum Gasteiger partial charge on any atom is 0.255 e. The fraction of sp³-hybridized carbons (Fsp3) is 0. The Balaban J connectivity index is 2.18. The molecule has 0 saturated carbocycles. The van der Waals surface area contributed by atoms with Gasteiger partial charge >= 0.3 is 0 Å². The maximum atomic E-state index is 13.5. The van der Waals surface area contributed by atoms with Crippen molar-refractivity contribution in [2.24, 2.45) is 0 Å². The van der Waals surface area contributed by atoms with Gasteiger partial charge in [0.1, 0.15) is 5.82 Å². The highest BCUT2D eigenvalue weighted by Crippen LogP contribution is 2.20. The van der Waals surface area contributed by atoms with Gasteiger partial charge in [-0.05, 0) is 42.5 Å². The molecule has 2 nitrogen and oxygen atoms in total. The Bertz CT molecular complexity index is 586. The van der Waals surface area contributed by atoms with Crippen molar-refractivity contribution in [1.82, 2.24) is 0 Å². The lowest BCUT2D eigenvalue weighted by Gasteiger charge is -2.06. The first-order valence-electron chi connectivity index (χ1n) is 5.12. The fourth-order valence-corrected chi connectivity index (χ4v) is 1.88. The SMILES string of the molecule is O=C(Nc1ccc(Br)cc1F)c1ccc(S)cc1. The van der Waals surface area contributed by atoms with Crippen molar-refractivity contribution in [1.29, 1.82) is 0 Å². The number of anilines is 1. The summed E-state index contributed by atoms with van der Waals surface area (Å²) in [5.74, 6) is -0.840. The van der Waals surface area contributed by atoms with Crippen LogP contribution >= 0.6 is 28.6 Å². The average molecular weight is 326 g/mol. The second-order valence-corrected chi connectivity index (χ2v) is 5.06. The van der Waals surface area contributed by atoms with Crippen LogP contribution in [-0.2, 0) is 0 Å². The van der Waals surface area contributed by atoms with E-state index in [9.17, 15) is 9.18 Å². The number of rotatable bonds is 2. The molecule has 1 N–H and O–H groups in total. The molecule has 2 rings (SSSR count). The Morgan fingerprint density at radius 2 is 1.83 bits per heavy atom. The third kappa shape index (κ3) is 3.11. The molecule has 0 heterocycles. The van der Waals surface area contributed by atoms with Crippen LogP contribution in [0.3, 0.4) is 0 Å². The van der Waals surface area contributed by atoms with Crippen molar-refractivity contribution in [2.75, 3.05) is 5.32 Å². The van der Waals surface area contributed by atoms with Crippen LogP contribution in [-0.4, -0.2) is 5.91 Å². The van der Waals surface area contributed by atoms with E-state index in [0.29, 0.717) is 10.0 Å². The second kappa shape index (κ2) is 5.54. The quantitative estimate of drug-likeness (QED) is 0.799. The molecule has 2 aromatic carbocycles. The monoisotopic (exact) mass is 325 g/mol. The van der Waals surface area contributed by atoms with Crippen LogP contribution in [0.5, 0.6) is 0 Å². The first-order chi connectivity index (χ1) is 8.56. The molecule has 0 spiro atoms. The molecule has 1 amide bonds. The largest absolute Gasteiger partial charge is 0.319 e. The molecule has 0 atom stereocenters. The number of hydrogen-bond acceptors (Lipinski definition) is 2. The summed E-state index contributed by atoms with van der Waals surface area (Å²) in [6, 6.07) is 11.1. The zero-order valence-electron chi connectivity index (χ0n) is 9.15. The molecule has 0 bridgehead atoms. The van der Waals surface area contributed by atoms with E-state index in [2.05, 4.69) is 33.9 Å². The van der Waals surface area contributed by atoms with Gasteiger partial charge < -0.3 is 5.32 Å². The summed E-state index contributed by atoms with van der Waals surface area (Å²) in [5, 5.41) is 2.51. The molecule has 0 fully saturated rings. The number of hydrogen-bond donors (Lipinski definition) is 2. The zero-order valence-corrected chi connectivity index (χ0v) is 11.6. The Morgan fingerprint density at radius 3 is 2.44 bits per heavy atom. The lowest BCUT2D eigenvalue weighted by Crippen LogP contribution is -2.12. The van der Waals surface area contributed by atoms with Gasteiger partial charge in [-0.1, -0.05) is 15.9 Å². The third-order valence-electron chi connectivity index (χ3n) is 2.31. The van der Waals surface area contributed by atoms with Crippen LogP contribution < -0.4 is 5.32 Å². The minimum Gasteiger partial charge on any atom is -0.319 e. The van der Waals surface area contributed by atoms with Crippen LogP contribution in [0.4, 0.5) is 10.1 Å². The fourth-order valence-electron chi connectivity index (χ4n) is 1.40. The molecule has 0 aliphatic heterocycles. The number of carbonyl (C=O) groups excluding carboxylic acids is 1. The van der Waals surface area contributed by atoms with Crippen molar-refractivity contribution in [2.45, 2.75) is 4.90 Å². The van der Waals surface area contributed by atoms with E-state index in [1.807, 2.05) is 0 Å². The highest BCUT2D eigenvalue weighted by atomic mass is 79.9. The van der Waals surface area contributed by atoms with Crippen LogP contribution in [0.2, 0.25) is 0 Å². The van der Waals surface area contributed by atoms with Crippen molar-refractivity contribution in [3.8, 4) is 0 Å². The maximum absolute atomic E-state index is 13.5. The number of halogens is 2. The topological polar surface area (TPSA) is 29.1 Å². The summed E-state index contributed by atoms with van der Waals surface area (Å²) in [7, 11) is 0. The van der Waals surface area contributed by atoms with Crippen LogP contribution in [0, 0.1) is 5.82 Å². The van der Waals surface area contributed by atoms with Gasteiger partial charge in [-0.15, -0.1) is 12.6 Å². The molecule has 0 radical (unpaired) electrons. The summed E-state index contributed by atoms with van der Waals surface area (Å²) in [6.07, 6.45) is 0. The summed E-state index contributed by atoms with van der Waals surface area (Å²) in [4.78, 5) is 12.6. The lowest BCUT2D eigenvalue weighted by molar-refractivity contribution is 0.102. The predicted molar refractivity (Wildman–Crippen MR) is 75.7 cm³/mol. The second-order valence-electron chi connectivity index (χ2n) is 3.63. The molecule has 0 aromatic heterocycles. The third-order valence-corrected chi connectivity index (χ3v) is 3.10. The molecule has 0 aliphatic carbocycles. The van der Waals surface area contributed by atoms with Crippen LogP contribution in [0.1, 0.15) is 10.4 Å². The van der Waals surface area contributed by atoms with E-state index in [1.54, 1.807) is 30.3 Å². The normalized spacial score (nSPS) is 10.2. The molecular weight excluding hydrogens is 317 g/mol. The Morgan fingerprint density at radius 1 is 1.17 bits per heavy atom. The molecular formula is C13H9BrFNOS. The zero-order chi connectivity index (χ0) is 13.1. The van der Waals surface area contributed by atoms with E-state index < -0.39 is 5.82 Å². The highest BCUT2D eigenvalue weighted by Gasteiger charge is 2.09. The number of amides is 1. The van der Waals surface area contributed by atoms with Crippen LogP contribution in [0.15, 0.2) is 51.8 Å². The van der Waals surface area contributed by atoms with Crippen molar-refractivity contribution < 1.29 is 9.18 Å². The number of benzene rings is 2. The Labute approximate surface area is 118 Å². The molecule has 2 aromatic rings. The van der Waals surface area contributed by atoms with Gasteiger partial charge in [0.15, 0.2) is 0 Å².